The van der Waals surface area contributed by atoms with E-state index in [2.05, 4.69) is 5.10 Å². The van der Waals surface area contributed by atoms with E-state index in [1.165, 1.54) is 15.8 Å². The van der Waals surface area contributed by atoms with Crippen molar-refractivity contribution in [2.75, 3.05) is 22.9 Å². The Morgan fingerprint density at radius 3 is 2.10 bits per heavy atom. The predicted molar refractivity (Wildman–Crippen MR) is 149 cm³/mol. The number of nitrogens with two attached hydrogens (primary N) is 1. The van der Waals surface area contributed by atoms with E-state index in [9.17, 15) is 14.4 Å². The van der Waals surface area contributed by atoms with Crippen molar-refractivity contribution in [2.24, 2.45) is 5.73 Å². The van der Waals surface area contributed by atoms with Crippen molar-refractivity contribution in [2.45, 2.75) is 31.8 Å². The van der Waals surface area contributed by atoms with Crippen LogP contribution in [0.2, 0.25) is 0 Å². The fourth-order valence-corrected chi connectivity index (χ4v) is 5.73. The molecule has 7 rings (SSSR count). The zero-order valence-electron chi connectivity index (χ0n) is 21.7. The molecule has 200 valence electrons. The number of rotatable bonds is 6. The molecular formula is C31H27N5O4. The first kappa shape index (κ1) is 24.1. The summed E-state index contributed by atoms with van der Waals surface area (Å²) in [5.41, 5.74) is 11.2. The van der Waals surface area contributed by atoms with Crippen molar-refractivity contribution in [3.8, 4) is 11.4 Å². The van der Waals surface area contributed by atoms with Crippen molar-refractivity contribution in [1.82, 2.24) is 9.78 Å². The maximum atomic E-state index is 13.9. The number of aromatic nitrogens is 2. The van der Waals surface area contributed by atoms with E-state index in [1.807, 2.05) is 72.8 Å². The number of anilines is 2. The van der Waals surface area contributed by atoms with Crippen molar-refractivity contribution >= 4 is 29.1 Å². The lowest BCUT2D eigenvalue weighted by atomic mass is 10.0. The first-order valence-electron chi connectivity index (χ1n) is 13.5. The summed E-state index contributed by atoms with van der Waals surface area (Å²) in [5, 5.41) is 4.47. The number of ether oxygens (including phenoxy) is 1. The predicted octanol–water partition coefficient (Wildman–Crippen LogP) is 4.17. The zero-order chi connectivity index (χ0) is 27.4. The van der Waals surface area contributed by atoms with E-state index in [0.29, 0.717) is 54.3 Å². The maximum Gasteiger partial charge on any atom is 0.277 e. The van der Waals surface area contributed by atoms with Crippen LogP contribution in [0.25, 0.3) is 5.69 Å². The summed E-state index contributed by atoms with van der Waals surface area (Å²) in [4.78, 5) is 41.9. The van der Waals surface area contributed by atoms with Crippen LogP contribution in [-0.2, 0) is 11.2 Å². The van der Waals surface area contributed by atoms with Crippen LogP contribution in [0.3, 0.4) is 0 Å². The number of fused-ring (bicyclic) bond motifs is 2. The van der Waals surface area contributed by atoms with Crippen LogP contribution in [0.5, 0.6) is 5.75 Å². The van der Waals surface area contributed by atoms with Crippen LogP contribution >= 0.6 is 0 Å². The molecule has 2 N–H and O–H groups in total. The summed E-state index contributed by atoms with van der Waals surface area (Å²) in [7, 11) is 0. The number of benzene rings is 3. The number of amides is 3. The number of piperidine rings is 1. The van der Waals surface area contributed by atoms with Crippen LogP contribution in [0.1, 0.15) is 63.0 Å². The molecular weight excluding hydrogens is 506 g/mol. The highest BCUT2D eigenvalue weighted by molar-refractivity contribution is 6.09. The second kappa shape index (κ2) is 9.37. The Morgan fingerprint density at radius 2 is 1.45 bits per heavy atom. The Labute approximate surface area is 230 Å². The van der Waals surface area contributed by atoms with Gasteiger partial charge in [-0.25, -0.2) is 4.68 Å². The minimum Gasteiger partial charge on any atom is -0.481 e. The second-order valence-electron chi connectivity index (χ2n) is 10.3. The first-order valence-corrected chi connectivity index (χ1v) is 13.5. The number of carbonyl (C=O) groups excluding carboxylic acids is 3. The summed E-state index contributed by atoms with van der Waals surface area (Å²) in [6, 6.07) is 22.9. The molecule has 0 unspecified atom stereocenters. The number of hydrogen-bond acceptors (Lipinski definition) is 5. The highest BCUT2D eigenvalue weighted by Gasteiger charge is 2.36. The van der Waals surface area contributed by atoms with Gasteiger partial charge in [-0.05, 0) is 67.8 Å². The number of hydrogen-bond donors (Lipinski definition) is 1. The molecule has 9 nitrogen and oxygen atoms in total. The third-order valence-corrected chi connectivity index (χ3v) is 7.86. The van der Waals surface area contributed by atoms with Gasteiger partial charge in [0, 0.05) is 47.6 Å². The molecule has 0 saturated carbocycles. The van der Waals surface area contributed by atoms with Gasteiger partial charge in [-0.1, -0.05) is 24.3 Å². The monoisotopic (exact) mass is 533 g/mol. The van der Waals surface area contributed by atoms with Gasteiger partial charge in [-0.2, -0.15) is 5.10 Å². The SMILES string of the molecule is NC(=O)c1nn(-c2ccc(OC3c4ccccc43)cc2)c2c1CCN(c1ccc(N3CCCCC3=O)cc1)C2=O. The van der Waals surface area contributed by atoms with E-state index < -0.39 is 5.91 Å². The summed E-state index contributed by atoms with van der Waals surface area (Å²) in [6.07, 6.45) is 2.86. The summed E-state index contributed by atoms with van der Waals surface area (Å²) in [6.45, 7) is 1.09. The quantitative estimate of drug-likeness (QED) is 0.400. The molecule has 0 atom stereocenters. The molecule has 40 heavy (non-hydrogen) atoms. The van der Waals surface area contributed by atoms with Gasteiger partial charge in [-0.3, -0.25) is 14.4 Å². The van der Waals surface area contributed by atoms with E-state index in [0.717, 1.165) is 18.5 Å². The van der Waals surface area contributed by atoms with Crippen LogP contribution in [-0.4, -0.2) is 40.6 Å². The average Bonchev–Trinajstić information content (AvgIpc) is 3.51. The lowest BCUT2D eigenvalue weighted by Gasteiger charge is -2.29. The van der Waals surface area contributed by atoms with Crippen LogP contribution in [0, 0.1) is 0 Å². The molecule has 0 bridgehead atoms. The van der Waals surface area contributed by atoms with Gasteiger partial charge < -0.3 is 20.3 Å². The molecule has 3 heterocycles. The Kier molecular flexibility index (Phi) is 5.66. The van der Waals surface area contributed by atoms with Crippen LogP contribution in [0.4, 0.5) is 11.4 Å². The molecule has 4 aromatic rings. The largest absolute Gasteiger partial charge is 0.481 e. The first-order chi connectivity index (χ1) is 19.5. The third kappa shape index (κ3) is 4.02. The van der Waals surface area contributed by atoms with Gasteiger partial charge in [0.1, 0.15) is 17.5 Å². The molecule has 3 aliphatic rings. The van der Waals surface area contributed by atoms with Gasteiger partial charge in [0.2, 0.25) is 5.91 Å². The maximum absolute atomic E-state index is 13.9. The third-order valence-electron chi connectivity index (χ3n) is 7.86. The van der Waals surface area contributed by atoms with Gasteiger partial charge in [0.15, 0.2) is 5.69 Å². The van der Waals surface area contributed by atoms with E-state index in [4.69, 9.17) is 10.5 Å². The lowest BCUT2D eigenvalue weighted by molar-refractivity contribution is -0.119. The van der Waals surface area contributed by atoms with Crippen molar-refractivity contribution in [3.63, 3.8) is 0 Å². The fourth-order valence-electron chi connectivity index (χ4n) is 5.73. The highest BCUT2D eigenvalue weighted by atomic mass is 16.5. The average molecular weight is 534 g/mol. The molecule has 1 fully saturated rings. The molecule has 2 aliphatic heterocycles. The molecule has 1 saturated heterocycles. The normalized spacial score (nSPS) is 16.5. The highest BCUT2D eigenvalue weighted by Crippen LogP contribution is 2.44. The molecule has 3 aromatic carbocycles. The van der Waals surface area contributed by atoms with Crippen molar-refractivity contribution < 1.29 is 19.1 Å². The Bertz CT molecular complexity index is 1640. The summed E-state index contributed by atoms with van der Waals surface area (Å²) in [5.74, 6) is -0.116. The minimum absolute atomic E-state index is 0.0330. The number of nitrogens with zero attached hydrogens (tertiary/aromatic N) is 4. The summed E-state index contributed by atoms with van der Waals surface area (Å²) >= 11 is 0. The standard InChI is InChI=1S/C31H27N5O4/c32-30(38)27-25-16-18-35(20-10-8-19(9-11-20)34-17-4-3-7-26(34)37)31(39)28(25)36(33-27)21-12-14-22(15-13-21)40-29-23-5-1-2-6-24(23)29/h1-2,5-6,8-15,29H,3-4,7,16-18H2,(H2,32,38). The molecule has 1 aromatic heterocycles. The van der Waals surface area contributed by atoms with E-state index in [-0.39, 0.29) is 23.6 Å². The molecule has 1 aliphatic carbocycles. The van der Waals surface area contributed by atoms with Crippen LogP contribution < -0.4 is 20.3 Å². The number of carbonyl (C=O) groups is 3. The Morgan fingerprint density at radius 1 is 0.800 bits per heavy atom. The van der Waals surface area contributed by atoms with Gasteiger partial charge in [0.05, 0.1) is 5.69 Å². The second-order valence-corrected chi connectivity index (χ2v) is 10.3. The zero-order valence-corrected chi connectivity index (χ0v) is 21.7. The molecule has 3 amide bonds. The Hall–Kier alpha value is -4.92. The molecule has 9 heteroatoms. The van der Waals surface area contributed by atoms with E-state index >= 15 is 0 Å². The fraction of sp³-hybridized carbons (Fsp3) is 0.226. The Balaban J connectivity index is 1.16. The topological polar surface area (TPSA) is 111 Å². The number of primary amides is 1. The smallest absolute Gasteiger partial charge is 0.277 e. The molecule has 0 radical (unpaired) electrons. The van der Waals surface area contributed by atoms with Crippen molar-refractivity contribution in [1.29, 1.82) is 0 Å². The molecule has 0 spiro atoms. The lowest BCUT2D eigenvalue weighted by Crippen LogP contribution is -2.39. The van der Waals surface area contributed by atoms with Gasteiger partial charge in [-0.15, -0.1) is 0 Å². The van der Waals surface area contributed by atoms with Crippen molar-refractivity contribution in [3.05, 3.63) is 101 Å². The van der Waals surface area contributed by atoms with E-state index in [1.54, 1.807) is 9.80 Å². The minimum atomic E-state index is -0.668. The van der Waals surface area contributed by atoms with Gasteiger partial charge >= 0.3 is 0 Å². The van der Waals surface area contributed by atoms with Crippen LogP contribution in [0.15, 0.2) is 72.8 Å². The van der Waals surface area contributed by atoms with Gasteiger partial charge in [0.25, 0.3) is 11.8 Å². The summed E-state index contributed by atoms with van der Waals surface area (Å²) < 4.78 is 7.60.